The van der Waals surface area contributed by atoms with Crippen LogP contribution in [-0.2, 0) is 11.2 Å². The van der Waals surface area contributed by atoms with Crippen molar-refractivity contribution in [2.75, 3.05) is 0 Å². The van der Waals surface area contributed by atoms with E-state index in [1.807, 2.05) is 29.6 Å². The number of carbonyl (C=O) groups excluding carboxylic acids is 1. The summed E-state index contributed by atoms with van der Waals surface area (Å²) < 4.78 is 0. The molecule has 1 aromatic carbocycles. The van der Waals surface area contributed by atoms with Crippen molar-refractivity contribution in [3.8, 4) is 10.6 Å². The molecule has 5 heteroatoms. The standard InChI is InChI=1S/C19H25ClN2OS/c1-18(2,3)12-19(4,5)22-16(23)10-13-11-24-17(21-13)14-8-6-7-9-15(14)20/h6-9,11H,10,12H2,1-5H3,(H,22,23). The second-order valence-electron chi connectivity index (χ2n) is 7.97. The van der Waals surface area contributed by atoms with Gasteiger partial charge in [0.05, 0.1) is 17.1 Å². The van der Waals surface area contributed by atoms with Gasteiger partial charge < -0.3 is 5.32 Å². The van der Waals surface area contributed by atoms with E-state index < -0.39 is 0 Å². The highest BCUT2D eigenvalue weighted by atomic mass is 35.5. The highest BCUT2D eigenvalue weighted by Gasteiger charge is 2.27. The van der Waals surface area contributed by atoms with Gasteiger partial charge in [-0.2, -0.15) is 0 Å². The highest BCUT2D eigenvalue weighted by Crippen LogP contribution is 2.30. The lowest BCUT2D eigenvalue weighted by Crippen LogP contribution is -2.46. The number of rotatable bonds is 5. The Morgan fingerprint density at radius 2 is 1.88 bits per heavy atom. The van der Waals surface area contributed by atoms with E-state index in [9.17, 15) is 4.79 Å². The predicted octanol–water partition coefficient (Wildman–Crippen LogP) is 5.34. The smallest absolute Gasteiger partial charge is 0.226 e. The minimum atomic E-state index is -0.239. The number of carbonyl (C=O) groups is 1. The first-order valence-corrected chi connectivity index (χ1v) is 9.32. The average Bonchev–Trinajstić information content (AvgIpc) is 2.83. The van der Waals surface area contributed by atoms with Crippen molar-refractivity contribution in [1.29, 1.82) is 0 Å². The summed E-state index contributed by atoms with van der Waals surface area (Å²) in [4.78, 5) is 16.9. The number of hydrogen-bond donors (Lipinski definition) is 1. The van der Waals surface area contributed by atoms with Crippen molar-refractivity contribution >= 4 is 28.8 Å². The molecule has 0 aliphatic carbocycles. The van der Waals surface area contributed by atoms with Crippen LogP contribution < -0.4 is 5.32 Å². The van der Waals surface area contributed by atoms with E-state index in [1.54, 1.807) is 0 Å². The van der Waals surface area contributed by atoms with Gasteiger partial charge in [0.25, 0.3) is 0 Å². The van der Waals surface area contributed by atoms with Gasteiger partial charge in [-0.1, -0.05) is 50.6 Å². The number of amides is 1. The van der Waals surface area contributed by atoms with Gasteiger partial charge in [-0.15, -0.1) is 11.3 Å². The summed E-state index contributed by atoms with van der Waals surface area (Å²) >= 11 is 7.72. The van der Waals surface area contributed by atoms with E-state index in [1.165, 1.54) is 11.3 Å². The number of nitrogens with zero attached hydrogens (tertiary/aromatic N) is 1. The maximum Gasteiger partial charge on any atom is 0.226 e. The summed E-state index contributed by atoms with van der Waals surface area (Å²) in [5.74, 6) is 0.000239. The molecule has 0 radical (unpaired) electrons. The molecule has 0 bridgehead atoms. The first-order chi connectivity index (χ1) is 11.1. The van der Waals surface area contributed by atoms with Crippen LogP contribution in [0.1, 0.15) is 46.7 Å². The molecule has 3 nitrogen and oxygen atoms in total. The molecule has 130 valence electrons. The van der Waals surface area contributed by atoms with Crippen LogP contribution >= 0.6 is 22.9 Å². The van der Waals surface area contributed by atoms with Gasteiger partial charge in [-0.05, 0) is 31.7 Å². The summed E-state index contributed by atoms with van der Waals surface area (Å²) in [6.45, 7) is 10.7. The number of thiazole rings is 1. The Morgan fingerprint density at radius 1 is 1.21 bits per heavy atom. The zero-order valence-electron chi connectivity index (χ0n) is 14.9. The Bertz CT molecular complexity index is 716. The fourth-order valence-electron chi connectivity index (χ4n) is 3.10. The SMILES string of the molecule is CC(C)(C)CC(C)(C)NC(=O)Cc1csc(-c2ccccc2Cl)n1. The van der Waals surface area contributed by atoms with Gasteiger partial charge in [0.2, 0.25) is 5.91 Å². The molecule has 0 fully saturated rings. The second kappa shape index (κ2) is 7.24. The van der Waals surface area contributed by atoms with E-state index >= 15 is 0 Å². The third-order valence-corrected chi connectivity index (χ3v) is 4.70. The zero-order valence-corrected chi connectivity index (χ0v) is 16.5. The summed E-state index contributed by atoms with van der Waals surface area (Å²) in [7, 11) is 0. The quantitative estimate of drug-likeness (QED) is 0.778. The van der Waals surface area contributed by atoms with Gasteiger partial charge in [0.1, 0.15) is 5.01 Å². The van der Waals surface area contributed by atoms with E-state index in [0.717, 1.165) is 22.7 Å². The molecule has 0 saturated heterocycles. The van der Waals surface area contributed by atoms with Crippen LogP contribution in [0.25, 0.3) is 10.6 Å². The van der Waals surface area contributed by atoms with Crippen molar-refractivity contribution in [3.63, 3.8) is 0 Å². The van der Waals surface area contributed by atoms with Crippen LogP contribution in [-0.4, -0.2) is 16.4 Å². The van der Waals surface area contributed by atoms with Crippen molar-refractivity contribution in [3.05, 3.63) is 40.4 Å². The summed E-state index contributed by atoms with van der Waals surface area (Å²) in [6, 6.07) is 7.62. The third-order valence-electron chi connectivity index (χ3n) is 3.45. The number of benzene rings is 1. The molecular weight excluding hydrogens is 340 g/mol. The van der Waals surface area contributed by atoms with Crippen LogP contribution in [0.2, 0.25) is 5.02 Å². The Kier molecular flexibility index (Phi) is 5.71. The molecule has 0 unspecified atom stereocenters. The van der Waals surface area contributed by atoms with Gasteiger partial charge in [0.15, 0.2) is 0 Å². The lowest BCUT2D eigenvalue weighted by Gasteiger charge is -2.33. The molecule has 0 aliphatic rings. The van der Waals surface area contributed by atoms with Gasteiger partial charge in [-0.25, -0.2) is 4.98 Å². The van der Waals surface area contributed by atoms with Crippen molar-refractivity contribution in [1.82, 2.24) is 10.3 Å². The maximum absolute atomic E-state index is 12.4. The number of nitrogens with one attached hydrogen (secondary N) is 1. The Hall–Kier alpha value is -1.39. The topological polar surface area (TPSA) is 42.0 Å². The Morgan fingerprint density at radius 3 is 2.50 bits per heavy atom. The monoisotopic (exact) mass is 364 g/mol. The van der Waals surface area contributed by atoms with E-state index in [-0.39, 0.29) is 23.3 Å². The summed E-state index contributed by atoms with van der Waals surface area (Å²) in [5, 5.41) is 6.57. The summed E-state index contributed by atoms with van der Waals surface area (Å²) in [6.07, 6.45) is 1.20. The molecular formula is C19H25ClN2OS. The third kappa shape index (κ3) is 5.60. The van der Waals surface area contributed by atoms with Gasteiger partial charge in [0, 0.05) is 16.5 Å². The van der Waals surface area contributed by atoms with Crippen LogP contribution in [0.5, 0.6) is 0 Å². The lowest BCUT2D eigenvalue weighted by molar-refractivity contribution is -0.122. The molecule has 24 heavy (non-hydrogen) atoms. The molecule has 0 spiro atoms. The van der Waals surface area contributed by atoms with Crippen LogP contribution in [0, 0.1) is 5.41 Å². The van der Waals surface area contributed by atoms with Crippen molar-refractivity contribution < 1.29 is 4.79 Å². The average molecular weight is 365 g/mol. The first kappa shape index (κ1) is 18.9. The molecule has 1 aromatic heterocycles. The molecule has 2 rings (SSSR count). The Labute approximate surface area is 153 Å². The van der Waals surface area contributed by atoms with Crippen molar-refractivity contribution in [2.24, 2.45) is 5.41 Å². The van der Waals surface area contributed by atoms with Crippen LogP contribution in [0.15, 0.2) is 29.6 Å². The number of hydrogen-bond acceptors (Lipinski definition) is 3. The van der Waals surface area contributed by atoms with Crippen LogP contribution in [0.4, 0.5) is 0 Å². The zero-order chi connectivity index (χ0) is 18.0. The molecule has 1 N–H and O–H groups in total. The Balaban J connectivity index is 2.02. The highest BCUT2D eigenvalue weighted by molar-refractivity contribution is 7.13. The maximum atomic E-state index is 12.4. The van der Waals surface area contributed by atoms with E-state index in [0.29, 0.717) is 5.02 Å². The molecule has 0 aliphatic heterocycles. The van der Waals surface area contributed by atoms with Gasteiger partial charge in [-0.3, -0.25) is 4.79 Å². The van der Waals surface area contributed by atoms with E-state index in [2.05, 4.69) is 44.9 Å². The number of aromatic nitrogens is 1. The molecule has 2 aromatic rings. The minimum Gasteiger partial charge on any atom is -0.351 e. The second-order valence-corrected chi connectivity index (χ2v) is 9.24. The minimum absolute atomic E-state index is 0.000239. The number of halogens is 1. The van der Waals surface area contributed by atoms with E-state index in [4.69, 9.17) is 11.6 Å². The normalized spacial score (nSPS) is 12.2. The van der Waals surface area contributed by atoms with Gasteiger partial charge >= 0.3 is 0 Å². The largest absolute Gasteiger partial charge is 0.351 e. The van der Waals surface area contributed by atoms with Crippen LogP contribution in [0.3, 0.4) is 0 Å². The molecule has 0 saturated carbocycles. The van der Waals surface area contributed by atoms with Crippen molar-refractivity contribution in [2.45, 2.75) is 53.0 Å². The first-order valence-electron chi connectivity index (χ1n) is 8.06. The predicted molar refractivity (Wildman–Crippen MR) is 103 cm³/mol. The fourth-order valence-corrected chi connectivity index (χ4v) is 4.24. The molecule has 1 amide bonds. The molecule has 0 atom stereocenters. The summed E-state index contributed by atoms with van der Waals surface area (Å²) in [5.41, 5.74) is 1.61. The fraction of sp³-hybridized carbons (Fsp3) is 0.474. The lowest BCUT2D eigenvalue weighted by atomic mass is 9.82. The molecule has 1 heterocycles.